The molecule has 1 aliphatic heterocycles. The Hall–Kier alpha value is -0.690. The summed E-state index contributed by atoms with van der Waals surface area (Å²) in [5.41, 5.74) is 5.02. The Labute approximate surface area is 75.6 Å². The molecule has 5 N–H and O–H groups in total. The second kappa shape index (κ2) is 3.59. The summed E-state index contributed by atoms with van der Waals surface area (Å²) < 4.78 is 0. The molecule has 1 heterocycles. The highest BCUT2D eigenvalue weighted by atomic mass is 16.4. The zero-order valence-electron chi connectivity index (χ0n) is 7.29. The lowest BCUT2D eigenvalue weighted by Crippen LogP contribution is -2.63. The molecule has 13 heavy (non-hydrogen) atoms. The summed E-state index contributed by atoms with van der Waals surface area (Å²) >= 11 is 0. The quantitative estimate of drug-likeness (QED) is 0.350. The fourth-order valence-electron chi connectivity index (χ4n) is 1.58. The second-order valence-corrected chi connectivity index (χ2v) is 3.34. The van der Waals surface area contributed by atoms with Gasteiger partial charge in [-0.3, -0.25) is 9.69 Å². The van der Waals surface area contributed by atoms with E-state index in [4.69, 9.17) is 5.73 Å². The molecule has 0 aromatic rings. The SMILES string of the molecule is CN1CC(O)C(O)C(O)C1C(N)=O. The molecule has 6 nitrogen and oxygen atoms in total. The van der Waals surface area contributed by atoms with E-state index in [1.807, 2.05) is 0 Å². The number of likely N-dealkylation sites (N-methyl/N-ethyl adjacent to an activating group) is 1. The number of primary amides is 1. The van der Waals surface area contributed by atoms with E-state index in [0.717, 1.165) is 0 Å². The highest BCUT2D eigenvalue weighted by molar-refractivity contribution is 5.80. The van der Waals surface area contributed by atoms with Crippen LogP contribution < -0.4 is 5.73 Å². The van der Waals surface area contributed by atoms with Gasteiger partial charge in [0, 0.05) is 6.54 Å². The molecule has 76 valence electrons. The number of aliphatic hydroxyl groups is 3. The van der Waals surface area contributed by atoms with Gasteiger partial charge in [-0.1, -0.05) is 0 Å². The lowest BCUT2D eigenvalue weighted by atomic mass is 9.94. The third-order valence-corrected chi connectivity index (χ3v) is 2.31. The fraction of sp³-hybridized carbons (Fsp3) is 0.857. The summed E-state index contributed by atoms with van der Waals surface area (Å²) in [6, 6.07) is -0.932. The molecule has 1 aliphatic rings. The van der Waals surface area contributed by atoms with Gasteiger partial charge in [0.2, 0.25) is 5.91 Å². The predicted octanol–water partition coefficient (Wildman–Crippen LogP) is -3.13. The molecule has 0 spiro atoms. The number of nitrogens with zero attached hydrogens (tertiary/aromatic N) is 1. The van der Waals surface area contributed by atoms with Crippen molar-refractivity contribution in [2.24, 2.45) is 5.73 Å². The molecule has 0 radical (unpaired) electrons. The minimum atomic E-state index is -1.33. The number of carbonyl (C=O) groups excluding carboxylic acids is 1. The highest BCUT2D eigenvalue weighted by Crippen LogP contribution is 2.16. The van der Waals surface area contributed by atoms with Gasteiger partial charge in [-0.25, -0.2) is 0 Å². The Morgan fingerprint density at radius 3 is 2.38 bits per heavy atom. The van der Waals surface area contributed by atoms with Crippen molar-refractivity contribution in [3.05, 3.63) is 0 Å². The van der Waals surface area contributed by atoms with Crippen LogP contribution in [0.4, 0.5) is 0 Å². The average molecular weight is 190 g/mol. The van der Waals surface area contributed by atoms with Crippen LogP contribution in [0.15, 0.2) is 0 Å². The van der Waals surface area contributed by atoms with E-state index in [0.29, 0.717) is 0 Å². The fourth-order valence-corrected chi connectivity index (χ4v) is 1.58. The Balaban J connectivity index is 2.79. The van der Waals surface area contributed by atoms with Crippen molar-refractivity contribution in [2.75, 3.05) is 13.6 Å². The largest absolute Gasteiger partial charge is 0.389 e. The third-order valence-electron chi connectivity index (χ3n) is 2.31. The predicted molar refractivity (Wildman–Crippen MR) is 43.6 cm³/mol. The van der Waals surface area contributed by atoms with Crippen molar-refractivity contribution in [1.82, 2.24) is 4.90 Å². The summed E-state index contributed by atoms with van der Waals surface area (Å²) in [6.07, 6.45) is -3.68. The molecular formula is C7H14N2O4. The van der Waals surface area contributed by atoms with E-state index < -0.39 is 30.3 Å². The van der Waals surface area contributed by atoms with Crippen LogP contribution in [0, 0.1) is 0 Å². The van der Waals surface area contributed by atoms with Crippen LogP contribution in [-0.2, 0) is 4.79 Å². The highest BCUT2D eigenvalue weighted by Gasteiger charge is 2.42. The van der Waals surface area contributed by atoms with E-state index in [-0.39, 0.29) is 6.54 Å². The summed E-state index contributed by atoms with van der Waals surface area (Å²) in [6.45, 7) is 0.117. The van der Waals surface area contributed by atoms with Crippen molar-refractivity contribution < 1.29 is 20.1 Å². The topological polar surface area (TPSA) is 107 Å². The van der Waals surface area contributed by atoms with Crippen molar-refractivity contribution in [2.45, 2.75) is 24.4 Å². The molecule has 0 aromatic heterocycles. The molecule has 4 unspecified atom stereocenters. The number of carbonyl (C=O) groups is 1. The number of aliphatic hydroxyl groups excluding tert-OH is 3. The maximum atomic E-state index is 10.9. The van der Waals surface area contributed by atoms with Crippen molar-refractivity contribution in [1.29, 1.82) is 0 Å². The maximum Gasteiger partial charge on any atom is 0.237 e. The lowest BCUT2D eigenvalue weighted by Gasteiger charge is -2.40. The minimum Gasteiger partial charge on any atom is -0.389 e. The van der Waals surface area contributed by atoms with Crippen molar-refractivity contribution in [3.8, 4) is 0 Å². The first-order valence-electron chi connectivity index (χ1n) is 3.99. The van der Waals surface area contributed by atoms with E-state index >= 15 is 0 Å². The number of likely N-dealkylation sites (tertiary alicyclic amines) is 1. The van der Waals surface area contributed by atoms with Gasteiger partial charge in [0.05, 0.1) is 6.10 Å². The van der Waals surface area contributed by atoms with E-state index in [2.05, 4.69) is 0 Å². The average Bonchev–Trinajstić information content (AvgIpc) is 1.99. The van der Waals surface area contributed by atoms with Crippen LogP contribution in [0.2, 0.25) is 0 Å². The Bertz CT molecular complexity index is 211. The molecule has 1 fully saturated rings. The lowest BCUT2D eigenvalue weighted by molar-refractivity contribution is -0.151. The van der Waals surface area contributed by atoms with Crippen LogP contribution in [0.3, 0.4) is 0 Å². The molecule has 1 saturated heterocycles. The van der Waals surface area contributed by atoms with E-state index in [1.165, 1.54) is 4.90 Å². The van der Waals surface area contributed by atoms with Gasteiger partial charge in [0.1, 0.15) is 18.2 Å². The Kier molecular flexibility index (Phi) is 2.87. The summed E-state index contributed by atoms with van der Waals surface area (Å²) in [7, 11) is 1.55. The van der Waals surface area contributed by atoms with E-state index in [1.54, 1.807) is 7.05 Å². The van der Waals surface area contributed by atoms with Crippen molar-refractivity contribution in [3.63, 3.8) is 0 Å². The summed E-state index contributed by atoms with van der Waals surface area (Å²) in [5.74, 6) is -0.707. The number of β-amino-alcohol motifs (C(OH)–C–C–N with tert-alkyl or cyclic N) is 1. The number of rotatable bonds is 1. The number of piperidine rings is 1. The first kappa shape index (κ1) is 10.4. The molecule has 0 aliphatic carbocycles. The number of hydrogen-bond acceptors (Lipinski definition) is 5. The van der Waals surface area contributed by atoms with Crippen LogP contribution in [0.5, 0.6) is 0 Å². The van der Waals surface area contributed by atoms with Gasteiger partial charge in [0.15, 0.2) is 0 Å². The normalized spacial score (nSPS) is 41.8. The molecule has 1 rings (SSSR count). The van der Waals surface area contributed by atoms with Gasteiger partial charge in [-0.2, -0.15) is 0 Å². The monoisotopic (exact) mass is 190 g/mol. The molecular weight excluding hydrogens is 176 g/mol. The Morgan fingerprint density at radius 2 is 1.92 bits per heavy atom. The van der Waals surface area contributed by atoms with Gasteiger partial charge in [-0.05, 0) is 7.05 Å². The summed E-state index contributed by atoms with van der Waals surface area (Å²) in [5, 5.41) is 27.9. The zero-order chi connectivity index (χ0) is 10.2. The molecule has 4 atom stereocenters. The number of nitrogens with two attached hydrogens (primary N) is 1. The van der Waals surface area contributed by atoms with Crippen LogP contribution in [-0.4, -0.2) is 64.1 Å². The second-order valence-electron chi connectivity index (χ2n) is 3.34. The third kappa shape index (κ3) is 1.80. The molecule has 6 heteroatoms. The first-order chi connectivity index (χ1) is 5.95. The van der Waals surface area contributed by atoms with Crippen molar-refractivity contribution >= 4 is 5.91 Å². The minimum absolute atomic E-state index is 0.117. The molecule has 0 aromatic carbocycles. The first-order valence-corrected chi connectivity index (χ1v) is 3.99. The van der Waals surface area contributed by atoms with Gasteiger partial charge in [0.25, 0.3) is 0 Å². The molecule has 0 saturated carbocycles. The number of amides is 1. The smallest absolute Gasteiger partial charge is 0.237 e. The summed E-state index contributed by atoms with van der Waals surface area (Å²) in [4.78, 5) is 12.3. The van der Waals surface area contributed by atoms with Crippen LogP contribution >= 0.6 is 0 Å². The maximum absolute atomic E-state index is 10.9. The number of hydrogen-bond donors (Lipinski definition) is 4. The van der Waals surface area contributed by atoms with Crippen LogP contribution in [0.25, 0.3) is 0 Å². The van der Waals surface area contributed by atoms with Crippen LogP contribution in [0.1, 0.15) is 0 Å². The Morgan fingerprint density at radius 1 is 1.38 bits per heavy atom. The standard InChI is InChI=1S/C7H14N2O4/c1-9-2-3(10)5(11)6(12)4(9)7(8)13/h3-6,10-12H,2H2,1H3,(H2,8,13). The van der Waals surface area contributed by atoms with Gasteiger partial charge in [-0.15, -0.1) is 0 Å². The van der Waals surface area contributed by atoms with E-state index in [9.17, 15) is 20.1 Å². The molecule has 0 bridgehead atoms. The van der Waals surface area contributed by atoms with Gasteiger partial charge < -0.3 is 21.1 Å². The van der Waals surface area contributed by atoms with Gasteiger partial charge >= 0.3 is 0 Å². The zero-order valence-corrected chi connectivity index (χ0v) is 7.29. The molecule has 1 amide bonds.